The lowest BCUT2D eigenvalue weighted by Gasteiger charge is -2.09. The Morgan fingerprint density at radius 1 is 1.05 bits per heavy atom. The number of hydrogen-bond donors (Lipinski definition) is 2. The first kappa shape index (κ1) is 13.9. The number of aromatic nitrogens is 2. The highest BCUT2D eigenvalue weighted by molar-refractivity contribution is 8.13. The van der Waals surface area contributed by atoms with Crippen molar-refractivity contribution in [1.29, 1.82) is 5.41 Å². The van der Waals surface area contributed by atoms with Gasteiger partial charge in [-0.1, -0.05) is 41.9 Å². The van der Waals surface area contributed by atoms with E-state index in [0.717, 1.165) is 22.8 Å². The zero-order valence-corrected chi connectivity index (χ0v) is 12.4. The van der Waals surface area contributed by atoms with Gasteiger partial charge in [0.05, 0.1) is 11.0 Å². The van der Waals surface area contributed by atoms with E-state index in [9.17, 15) is 0 Å². The predicted octanol–water partition coefficient (Wildman–Crippen LogP) is 3.94. The van der Waals surface area contributed by atoms with Gasteiger partial charge in [-0.25, -0.2) is 9.97 Å². The Bertz CT molecular complexity index is 821. The van der Waals surface area contributed by atoms with Crippen LogP contribution < -0.4 is 5.73 Å². The lowest BCUT2D eigenvalue weighted by atomic mass is 10.1. The van der Waals surface area contributed by atoms with E-state index in [-0.39, 0.29) is 5.17 Å². The smallest absolute Gasteiger partial charge is 0.157 e. The molecule has 3 N–H and O–H groups in total. The van der Waals surface area contributed by atoms with E-state index in [1.807, 2.05) is 36.4 Å². The summed E-state index contributed by atoms with van der Waals surface area (Å²) < 4.78 is 0. The van der Waals surface area contributed by atoms with Crippen LogP contribution in [0.25, 0.3) is 22.3 Å². The minimum atomic E-state index is -0.0251. The van der Waals surface area contributed by atoms with Crippen LogP contribution >= 0.6 is 23.4 Å². The minimum absolute atomic E-state index is 0.0251. The predicted molar refractivity (Wildman–Crippen MR) is 87.8 cm³/mol. The summed E-state index contributed by atoms with van der Waals surface area (Å²) in [5.74, 6) is 0. The van der Waals surface area contributed by atoms with Gasteiger partial charge in [0.2, 0.25) is 0 Å². The van der Waals surface area contributed by atoms with Crippen molar-refractivity contribution in [3.8, 4) is 11.3 Å². The maximum Gasteiger partial charge on any atom is 0.157 e. The van der Waals surface area contributed by atoms with Crippen molar-refractivity contribution in [3.63, 3.8) is 0 Å². The van der Waals surface area contributed by atoms with Crippen molar-refractivity contribution < 1.29 is 0 Å². The second kappa shape index (κ2) is 5.71. The molecule has 0 saturated heterocycles. The van der Waals surface area contributed by atoms with Gasteiger partial charge in [0.25, 0.3) is 0 Å². The first-order valence-electron chi connectivity index (χ1n) is 6.18. The van der Waals surface area contributed by atoms with Crippen molar-refractivity contribution in [2.24, 2.45) is 5.73 Å². The number of rotatable bonds is 2. The molecule has 6 heteroatoms. The number of thioether (sulfide) groups is 1. The molecule has 104 valence electrons. The van der Waals surface area contributed by atoms with Gasteiger partial charge in [-0.2, -0.15) is 0 Å². The SMILES string of the molecule is N=C(N)Sc1nc2cc(Cl)ccc2nc1-c1ccccc1. The second-order valence-electron chi connectivity index (χ2n) is 4.34. The molecule has 0 spiro atoms. The Labute approximate surface area is 130 Å². The molecule has 2 aromatic carbocycles. The largest absolute Gasteiger partial charge is 0.378 e. The lowest BCUT2D eigenvalue weighted by Crippen LogP contribution is -2.05. The number of nitrogens with one attached hydrogen (secondary N) is 1. The molecule has 0 amide bonds. The molecule has 3 aromatic rings. The standard InChI is InChI=1S/C15H11ClN4S/c16-10-6-7-11-12(8-10)20-14(21-15(17)18)13(19-11)9-4-2-1-3-5-9/h1-8H,(H3,17,18). The normalized spacial score (nSPS) is 10.7. The van der Waals surface area contributed by atoms with Crippen LogP contribution in [0.2, 0.25) is 5.02 Å². The summed E-state index contributed by atoms with van der Waals surface area (Å²) in [5.41, 5.74) is 8.59. The number of nitrogens with two attached hydrogens (primary N) is 1. The van der Waals surface area contributed by atoms with E-state index in [1.54, 1.807) is 12.1 Å². The number of hydrogen-bond acceptors (Lipinski definition) is 4. The fourth-order valence-electron chi connectivity index (χ4n) is 1.97. The summed E-state index contributed by atoms with van der Waals surface area (Å²) >= 11 is 7.08. The molecule has 0 unspecified atom stereocenters. The minimum Gasteiger partial charge on any atom is -0.378 e. The molecule has 0 aliphatic carbocycles. The van der Waals surface area contributed by atoms with Crippen molar-refractivity contribution in [2.75, 3.05) is 0 Å². The molecule has 3 rings (SSSR count). The third-order valence-corrected chi connectivity index (χ3v) is 3.78. The molecule has 1 aromatic heterocycles. The Morgan fingerprint density at radius 2 is 1.81 bits per heavy atom. The summed E-state index contributed by atoms with van der Waals surface area (Å²) in [4.78, 5) is 9.19. The number of nitrogens with zero attached hydrogens (tertiary/aromatic N) is 2. The fraction of sp³-hybridized carbons (Fsp3) is 0. The van der Waals surface area contributed by atoms with Crippen LogP contribution in [0.4, 0.5) is 0 Å². The number of amidine groups is 1. The van der Waals surface area contributed by atoms with Gasteiger partial charge in [0, 0.05) is 10.6 Å². The zero-order chi connectivity index (χ0) is 14.8. The van der Waals surface area contributed by atoms with Crippen LogP contribution in [0.15, 0.2) is 53.6 Å². The Hall–Kier alpha value is -2.11. The van der Waals surface area contributed by atoms with Crippen LogP contribution in [-0.2, 0) is 0 Å². The van der Waals surface area contributed by atoms with E-state index in [0.29, 0.717) is 21.3 Å². The van der Waals surface area contributed by atoms with Crippen LogP contribution in [0.1, 0.15) is 0 Å². The highest BCUT2D eigenvalue weighted by Gasteiger charge is 2.13. The lowest BCUT2D eigenvalue weighted by molar-refractivity contribution is 1.13. The zero-order valence-electron chi connectivity index (χ0n) is 10.9. The van der Waals surface area contributed by atoms with Gasteiger partial charge in [-0.05, 0) is 30.0 Å². The third kappa shape index (κ3) is 2.99. The maximum absolute atomic E-state index is 7.49. The topological polar surface area (TPSA) is 75.7 Å². The molecule has 0 atom stereocenters. The van der Waals surface area contributed by atoms with Crippen molar-refractivity contribution in [3.05, 3.63) is 53.6 Å². The molecule has 0 saturated carbocycles. The highest BCUT2D eigenvalue weighted by Crippen LogP contribution is 2.30. The summed E-state index contributed by atoms with van der Waals surface area (Å²) in [6.45, 7) is 0. The summed E-state index contributed by atoms with van der Waals surface area (Å²) in [5, 5.41) is 8.66. The van der Waals surface area contributed by atoms with Gasteiger partial charge >= 0.3 is 0 Å². The molecule has 4 nitrogen and oxygen atoms in total. The molecule has 0 aliphatic rings. The van der Waals surface area contributed by atoms with E-state index >= 15 is 0 Å². The van der Waals surface area contributed by atoms with Gasteiger partial charge < -0.3 is 5.73 Å². The molecular formula is C15H11ClN4S. The molecule has 0 bridgehead atoms. The molecular weight excluding hydrogens is 304 g/mol. The molecule has 0 fully saturated rings. The molecule has 1 heterocycles. The third-order valence-electron chi connectivity index (χ3n) is 2.85. The van der Waals surface area contributed by atoms with E-state index in [4.69, 9.17) is 22.7 Å². The summed E-state index contributed by atoms with van der Waals surface area (Å²) in [6.07, 6.45) is 0. The van der Waals surface area contributed by atoms with Crippen LogP contribution in [0, 0.1) is 5.41 Å². The molecule has 0 aliphatic heterocycles. The maximum atomic E-state index is 7.49. The summed E-state index contributed by atoms with van der Waals surface area (Å²) in [6, 6.07) is 15.1. The first-order valence-corrected chi connectivity index (χ1v) is 7.37. The number of benzene rings is 2. The van der Waals surface area contributed by atoms with Crippen molar-refractivity contribution in [2.45, 2.75) is 5.03 Å². The van der Waals surface area contributed by atoms with E-state index < -0.39 is 0 Å². The molecule has 0 radical (unpaired) electrons. The fourth-order valence-corrected chi connectivity index (χ4v) is 2.75. The van der Waals surface area contributed by atoms with Gasteiger partial charge in [0.1, 0.15) is 10.7 Å². The van der Waals surface area contributed by atoms with Crippen LogP contribution in [-0.4, -0.2) is 15.1 Å². The average molecular weight is 315 g/mol. The quantitative estimate of drug-likeness (QED) is 0.427. The van der Waals surface area contributed by atoms with E-state index in [2.05, 4.69) is 9.97 Å². The summed E-state index contributed by atoms with van der Waals surface area (Å²) in [7, 11) is 0. The molecule has 21 heavy (non-hydrogen) atoms. The monoisotopic (exact) mass is 314 g/mol. The Balaban J connectivity index is 2.25. The van der Waals surface area contributed by atoms with Crippen LogP contribution in [0.3, 0.4) is 0 Å². The van der Waals surface area contributed by atoms with Gasteiger partial charge in [0.15, 0.2) is 5.17 Å². The van der Waals surface area contributed by atoms with Gasteiger partial charge in [-0.15, -0.1) is 0 Å². The number of halogens is 1. The highest BCUT2D eigenvalue weighted by atomic mass is 35.5. The Kier molecular flexibility index (Phi) is 3.77. The number of fused-ring (bicyclic) bond motifs is 1. The first-order chi connectivity index (χ1) is 10.1. The Morgan fingerprint density at radius 3 is 2.52 bits per heavy atom. The second-order valence-corrected chi connectivity index (χ2v) is 5.81. The van der Waals surface area contributed by atoms with Crippen LogP contribution in [0.5, 0.6) is 0 Å². The van der Waals surface area contributed by atoms with Crippen molar-refractivity contribution >= 4 is 39.6 Å². The van der Waals surface area contributed by atoms with Gasteiger partial charge in [-0.3, -0.25) is 5.41 Å². The average Bonchev–Trinajstić information content (AvgIpc) is 2.47. The van der Waals surface area contributed by atoms with Crippen molar-refractivity contribution in [1.82, 2.24) is 9.97 Å². The van der Waals surface area contributed by atoms with E-state index in [1.165, 1.54) is 0 Å².